The van der Waals surface area contributed by atoms with Gasteiger partial charge in [0.2, 0.25) is 0 Å². The van der Waals surface area contributed by atoms with Crippen LogP contribution in [0.1, 0.15) is 106 Å². The zero-order valence-corrected chi connectivity index (χ0v) is 51.4. The molecule has 3 nitrogen and oxygen atoms in total. The quantitative estimate of drug-likeness (QED) is 0.177. The normalized spacial score (nSPS) is 15.7. The van der Waals surface area contributed by atoms with Crippen LogP contribution in [0.3, 0.4) is 0 Å². The zero-order valence-electron chi connectivity index (χ0n) is 51.4. The number of rotatable bonds is 3. The van der Waals surface area contributed by atoms with E-state index < -0.39 is 10.8 Å². The second-order valence-corrected chi connectivity index (χ2v) is 27.7. The summed E-state index contributed by atoms with van der Waals surface area (Å²) >= 11 is 0. The summed E-state index contributed by atoms with van der Waals surface area (Å²) in [6, 6.07) is 95.0. The third kappa shape index (κ3) is 5.73. The van der Waals surface area contributed by atoms with Gasteiger partial charge in [0.15, 0.2) is 0 Å². The van der Waals surface area contributed by atoms with E-state index in [0.717, 1.165) is 44.5 Å². The fourth-order valence-electron chi connectivity index (χ4n) is 19.4. The fourth-order valence-corrected chi connectivity index (χ4v) is 19.4. The molecule has 0 radical (unpaired) electrons. The summed E-state index contributed by atoms with van der Waals surface area (Å²) in [5.74, 6) is 0. The molecule has 0 bridgehead atoms. The molecule has 428 valence electrons. The van der Waals surface area contributed by atoms with E-state index in [2.05, 4.69) is 295 Å². The number of hydrogen-bond acceptors (Lipinski definition) is 3. The maximum absolute atomic E-state index is 7.11. The molecule has 0 unspecified atom stereocenters. The number of anilines is 3. The van der Waals surface area contributed by atoms with Crippen LogP contribution in [0.15, 0.2) is 258 Å². The van der Waals surface area contributed by atoms with Gasteiger partial charge >= 0.3 is 0 Å². The minimum atomic E-state index is -0.672. The third-order valence-electron chi connectivity index (χ3n) is 22.9. The molecule has 0 N–H and O–H groups in total. The Balaban J connectivity index is 0.842. The second-order valence-electron chi connectivity index (χ2n) is 27.7. The number of fused-ring (bicyclic) bond motifs is 36. The van der Waals surface area contributed by atoms with Crippen molar-refractivity contribution in [2.75, 3.05) is 4.90 Å². The molecule has 0 saturated carbocycles. The smallest absolute Gasteiger partial charge is 0.144 e. The Bertz CT molecular complexity index is 5780. The molecule has 0 saturated heterocycles. The summed E-state index contributed by atoms with van der Waals surface area (Å²) in [4.78, 5) is 2.60. The van der Waals surface area contributed by atoms with Crippen molar-refractivity contribution in [3.05, 3.63) is 327 Å². The molecule has 3 heteroatoms. The molecule has 2 spiro atoms. The second kappa shape index (κ2) is 16.7. The van der Waals surface area contributed by atoms with E-state index in [9.17, 15) is 0 Å². The van der Waals surface area contributed by atoms with Crippen molar-refractivity contribution < 1.29 is 8.83 Å². The van der Waals surface area contributed by atoms with Crippen molar-refractivity contribution in [3.63, 3.8) is 0 Å². The molecular formula is C88H59NO2. The summed E-state index contributed by atoms with van der Waals surface area (Å²) in [5, 5.41) is 4.70. The van der Waals surface area contributed by atoms with Crippen LogP contribution in [0.2, 0.25) is 0 Å². The van der Waals surface area contributed by atoms with Gasteiger partial charge in [-0.25, -0.2) is 0 Å². The van der Waals surface area contributed by atoms with Gasteiger partial charge in [-0.3, -0.25) is 0 Å². The highest BCUT2D eigenvalue weighted by molar-refractivity contribution is 6.21. The van der Waals surface area contributed by atoms with Crippen LogP contribution in [0, 0.1) is 13.8 Å². The SMILES string of the molecule is Cc1cccc(C)c1N(c1ccc2c(c1)C(C)(C)c1c3c(c4oc5ccccc5c4c1-2)-c1ccccc1C3(C)C)c1ccc2c(c1)C1(c3ccccc3-c3ccccc31)c1cc3c(cc1-2)C1(c2ccccc2-c2ccccc21)c1ccc2oc4ccccc4c2c1-3. The van der Waals surface area contributed by atoms with Crippen molar-refractivity contribution in [2.24, 2.45) is 0 Å². The van der Waals surface area contributed by atoms with Gasteiger partial charge in [0, 0.05) is 49.3 Å². The van der Waals surface area contributed by atoms with Crippen molar-refractivity contribution in [1.82, 2.24) is 0 Å². The Morgan fingerprint density at radius 1 is 0.286 bits per heavy atom. The Kier molecular flexibility index (Phi) is 9.23. The van der Waals surface area contributed by atoms with Gasteiger partial charge in [-0.15, -0.1) is 0 Å². The van der Waals surface area contributed by atoms with Crippen molar-refractivity contribution >= 4 is 60.9 Å². The lowest BCUT2D eigenvalue weighted by atomic mass is 9.68. The van der Waals surface area contributed by atoms with E-state index >= 15 is 0 Å². The molecule has 2 aromatic heterocycles. The summed E-state index contributed by atoms with van der Waals surface area (Å²) in [6.45, 7) is 14.4. The summed E-state index contributed by atoms with van der Waals surface area (Å²) < 4.78 is 14.0. The van der Waals surface area contributed by atoms with Crippen LogP contribution in [-0.4, -0.2) is 0 Å². The van der Waals surface area contributed by atoms with Crippen LogP contribution >= 0.6 is 0 Å². The van der Waals surface area contributed by atoms with Gasteiger partial charge in [0.1, 0.15) is 22.3 Å². The van der Waals surface area contributed by atoms with Crippen LogP contribution in [0.5, 0.6) is 0 Å². The molecule has 91 heavy (non-hydrogen) atoms. The lowest BCUT2D eigenvalue weighted by molar-refractivity contribution is 0.600. The average Bonchev–Trinajstić information content (AvgIpc) is 1.56. The highest BCUT2D eigenvalue weighted by Crippen LogP contribution is 2.70. The molecule has 0 amide bonds. The largest absolute Gasteiger partial charge is 0.456 e. The van der Waals surface area contributed by atoms with Gasteiger partial charge in [-0.05, 0) is 208 Å². The number of para-hydroxylation sites is 3. The first-order valence-electron chi connectivity index (χ1n) is 32.3. The van der Waals surface area contributed by atoms with E-state index in [1.807, 2.05) is 0 Å². The molecule has 0 aliphatic heterocycles. The van der Waals surface area contributed by atoms with Crippen LogP contribution in [-0.2, 0) is 21.7 Å². The van der Waals surface area contributed by atoms with Crippen LogP contribution < -0.4 is 4.90 Å². The van der Waals surface area contributed by atoms with Gasteiger partial charge < -0.3 is 13.7 Å². The third-order valence-corrected chi connectivity index (χ3v) is 22.9. The summed E-state index contributed by atoms with van der Waals surface area (Å²) in [6.07, 6.45) is 0. The molecule has 15 aromatic rings. The van der Waals surface area contributed by atoms with Crippen molar-refractivity contribution in [3.8, 4) is 66.8 Å². The fraction of sp³-hybridized carbons (Fsp3) is 0.114. The number of hydrogen-bond donors (Lipinski definition) is 0. The van der Waals surface area contributed by atoms with Gasteiger partial charge in [0.05, 0.1) is 16.5 Å². The number of furan rings is 2. The van der Waals surface area contributed by atoms with E-state index in [1.165, 1.54) is 161 Å². The van der Waals surface area contributed by atoms with Crippen LogP contribution in [0.25, 0.3) is 111 Å². The average molecular weight is 1160 g/mol. The van der Waals surface area contributed by atoms with E-state index in [4.69, 9.17) is 8.83 Å². The molecule has 21 rings (SSSR count). The molecule has 6 aliphatic carbocycles. The molecule has 13 aromatic carbocycles. The van der Waals surface area contributed by atoms with Gasteiger partial charge in [0.25, 0.3) is 0 Å². The number of benzene rings is 13. The Labute approximate surface area is 528 Å². The first-order chi connectivity index (χ1) is 44.5. The Morgan fingerprint density at radius 2 is 0.725 bits per heavy atom. The zero-order chi connectivity index (χ0) is 60.3. The van der Waals surface area contributed by atoms with E-state index in [0.29, 0.717) is 0 Å². The number of aryl methyl sites for hydroxylation is 2. The predicted octanol–water partition coefficient (Wildman–Crippen LogP) is 22.9. The maximum Gasteiger partial charge on any atom is 0.144 e. The topological polar surface area (TPSA) is 29.5 Å². The maximum atomic E-state index is 7.11. The molecule has 6 aliphatic rings. The first-order valence-corrected chi connectivity index (χ1v) is 32.3. The lowest BCUT2D eigenvalue weighted by Gasteiger charge is -2.34. The molecule has 0 atom stereocenters. The molecule has 2 heterocycles. The highest BCUT2D eigenvalue weighted by atomic mass is 16.3. The van der Waals surface area contributed by atoms with E-state index in [-0.39, 0.29) is 10.8 Å². The molecule has 0 fully saturated rings. The predicted molar refractivity (Wildman–Crippen MR) is 373 cm³/mol. The molecular weight excluding hydrogens is 1100 g/mol. The lowest BCUT2D eigenvalue weighted by Crippen LogP contribution is -2.27. The standard InChI is InChI=1S/C88H59NO2/c1-48-22-21-23-49(2)83(48)89(50-39-41-58-69(44-50)86(5,6)81-78(58)79-60-30-13-20-37-74(60)91-84(79)80-57-28-11-14-31-63(57)85(3,4)82(80)81)51-38-40-56-61-46-72-62(47-71(61)88(70(56)45-51)66-34-17-9-26-54(66)55-27-10-18-35-67(55)88)76-68(42-43-75-77(76)59-29-12-19-36-73(59)90-75)87(72)64-32-15-7-24-52(64)53-25-8-16-33-65(53)87/h7-47H,1-6H3. The summed E-state index contributed by atoms with van der Waals surface area (Å²) in [7, 11) is 0. The first kappa shape index (κ1) is 50.2. The van der Waals surface area contributed by atoms with Crippen molar-refractivity contribution in [2.45, 2.75) is 63.2 Å². The monoisotopic (exact) mass is 1160 g/mol. The number of nitrogens with zero attached hydrogens (tertiary/aromatic N) is 1. The van der Waals surface area contributed by atoms with Crippen LogP contribution in [0.4, 0.5) is 17.1 Å². The minimum Gasteiger partial charge on any atom is -0.456 e. The van der Waals surface area contributed by atoms with Gasteiger partial charge in [-0.1, -0.05) is 222 Å². The summed E-state index contributed by atoms with van der Waals surface area (Å²) in [5.41, 5.74) is 39.1. The van der Waals surface area contributed by atoms with E-state index in [1.54, 1.807) is 0 Å². The Hall–Kier alpha value is -10.7. The minimum absolute atomic E-state index is 0.263. The Morgan fingerprint density at radius 3 is 1.35 bits per heavy atom. The van der Waals surface area contributed by atoms with Gasteiger partial charge in [-0.2, -0.15) is 0 Å². The highest BCUT2D eigenvalue weighted by Gasteiger charge is 2.57. The van der Waals surface area contributed by atoms with Crippen molar-refractivity contribution in [1.29, 1.82) is 0 Å².